The Morgan fingerprint density at radius 1 is 1.55 bits per heavy atom. The molecule has 0 N–H and O–H groups in total. The van der Waals surface area contributed by atoms with Crippen molar-refractivity contribution in [3.63, 3.8) is 0 Å². The van der Waals surface area contributed by atoms with Crippen molar-refractivity contribution in [2.45, 2.75) is 43.6 Å². The average Bonchev–Trinajstić information content (AvgIpc) is 2.33. The minimum absolute atomic E-state index is 0.127. The third-order valence-electron chi connectivity index (χ3n) is 1.99. The van der Waals surface area contributed by atoms with E-state index < -0.39 is 10.8 Å². The van der Waals surface area contributed by atoms with E-state index in [2.05, 4.69) is 0 Å². The van der Waals surface area contributed by atoms with Crippen LogP contribution in [0, 0.1) is 0 Å². The number of hydrogen-bond acceptors (Lipinski definition) is 2. The topological polar surface area (TPSA) is 34.1 Å². The van der Waals surface area contributed by atoms with Gasteiger partial charge in [-0.1, -0.05) is 13.8 Å². The van der Waals surface area contributed by atoms with E-state index in [0.29, 0.717) is 6.42 Å². The summed E-state index contributed by atoms with van der Waals surface area (Å²) < 4.78 is 11.4. The highest BCUT2D eigenvalue weighted by Gasteiger charge is 2.30. The lowest BCUT2D eigenvalue weighted by molar-refractivity contribution is -0.117. The number of hydrogen-bond donors (Lipinski definition) is 0. The van der Waals surface area contributed by atoms with E-state index >= 15 is 0 Å². The van der Waals surface area contributed by atoms with Gasteiger partial charge >= 0.3 is 0 Å². The van der Waals surface area contributed by atoms with Gasteiger partial charge in [0.1, 0.15) is 5.78 Å². The van der Waals surface area contributed by atoms with Crippen molar-refractivity contribution < 1.29 is 9.00 Å². The fourth-order valence-electron chi connectivity index (χ4n) is 1.36. The summed E-state index contributed by atoms with van der Waals surface area (Å²) in [4.78, 5) is 11.1. The first kappa shape index (κ1) is 8.91. The van der Waals surface area contributed by atoms with Crippen molar-refractivity contribution in [3.8, 4) is 0 Å². The van der Waals surface area contributed by atoms with Gasteiger partial charge in [0.15, 0.2) is 0 Å². The zero-order valence-corrected chi connectivity index (χ0v) is 7.82. The Hall–Kier alpha value is -0.180. The highest BCUT2D eigenvalue weighted by atomic mass is 32.2. The maximum atomic E-state index is 11.4. The number of Topliss-reactive ketones (excluding diaryl/α,β-unsaturated/α-hetero) is 1. The van der Waals surface area contributed by atoms with Crippen molar-refractivity contribution in [2.75, 3.05) is 0 Å². The molecule has 0 radical (unpaired) electrons. The highest BCUT2D eigenvalue weighted by Crippen LogP contribution is 2.21. The Balaban J connectivity index is 2.60. The maximum absolute atomic E-state index is 11.4. The van der Waals surface area contributed by atoms with E-state index in [1.165, 1.54) is 0 Å². The quantitative estimate of drug-likeness (QED) is 0.631. The van der Waals surface area contributed by atoms with Gasteiger partial charge in [-0.2, -0.15) is 0 Å². The second-order valence-electron chi connectivity index (χ2n) is 3.22. The minimum Gasteiger partial charge on any atom is -0.298 e. The molecule has 1 fully saturated rings. The zero-order chi connectivity index (χ0) is 8.43. The van der Waals surface area contributed by atoms with Crippen LogP contribution >= 0.6 is 0 Å². The summed E-state index contributed by atoms with van der Waals surface area (Å²) in [6.45, 7) is 3.81. The first-order chi connectivity index (χ1) is 5.13. The van der Waals surface area contributed by atoms with Gasteiger partial charge < -0.3 is 0 Å². The molecular weight excluding hydrogens is 160 g/mol. The smallest absolute Gasteiger partial charge is 0.148 e. The van der Waals surface area contributed by atoms with Gasteiger partial charge in [0.05, 0.1) is 5.25 Å². The molecule has 0 heterocycles. The highest BCUT2D eigenvalue weighted by molar-refractivity contribution is 7.87. The van der Waals surface area contributed by atoms with Crippen LogP contribution in [0.5, 0.6) is 0 Å². The lowest BCUT2D eigenvalue weighted by atomic mass is 10.3. The van der Waals surface area contributed by atoms with Crippen LogP contribution in [0.4, 0.5) is 0 Å². The second-order valence-corrected chi connectivity index (χ2v) is 5.39. The Labute approximate surface area is 69.8 Å². The molecule has 11 heavy (non-hydrogen) atoms. The molecule has 2 unspecified atom stereocenters. The molecule has 3 heteroatoms. The van der Waals surface area contributed by atoms with Crippen molar-refractivity contribution >= 4 is 16.6 Å². The first-order valence-corrected chi connectivity index (χ1v) is 5.32. The standard InChI is InChI=1S/C8H14O2S/c1-6(2)11(10)8-5-3-4-7(8)9/h6,8H,3-5H2,1-2H3. The third-order valence-corrected chi connectivity index (χ3v) is 3.98. The Morgan fingerprint density at radius 3 is 2.55 bits per heavy atom. The van der Waals surface area contributed by atoms with Crippen molar-refractivity contribution in [1.82, 2.24) is 0 Å². The summed E-state index contributed by atoms with van der Waals surface area (Å²) in [5.74, 6) is 0.206. The van der Waals surface area contributed by atoms with E-state index in [0.717, 1.165) is 12.8 Å². The fourth-order valence-corrected chi connectivity index (χ4v) is 2.79. The Bertz CT molecular complexity index is 187. The molecule has 0 aromatic rings. The average molecular weight is 174 g/mol. The molecule has 0 spiro atoms. The van der Waals surface area contributed by atoms with Gasteiger partial charge in [-0.15, -0.1) is 0 Å². The number of ketones is 1. The molecule has 0 amide bonds. The van der Waals surface area contributed by atoms with E-state index in [9.17, 15) is 9.00 Å². The lowest BCUT2D eigenvalue weighted by Crippen LogP contribution is -2.25. The van der Waals surface area contributed by atoms with Gasteiger partial charge in [0, 0.05) is 22.5 Å². The third kappa shape index (κ3) is 1.89. The number of carbonyl (C=O) groups is 1. The molecule has 2 atom stereocenters. The van der Waals surface area contributed by atoms with Crippen molar-refractivity contribution in [1.29, 1.82) is 0 Å². The Morgan fingerprint density at radius 2 is 2.18 bits per heavy atom. The maximum Gasteiger partial charge on any atom is 0.148 e. The largest absolute Gasteiger partial charge is 0.298 e. The zero-order valence-electron chi connectivity index (χ0n) is 7.00. The molecule has 0 saturated heterocycles. The van der Waals surface area contributed by atoms with Gasteiger partial charge in [0.25, 0.3) is 0 Å². The lowest BCUT2D eigenvalue weighted by Gasteiger charge is -2.10. The van der Waals surface area contributed by atoms with E-state index in [-0.39, 0.29) is 16.3 Å². The molecule has 2 nitrogen and oxygen atoms in total. The van der Waals surface area contributed by atoms with Crippen molar-refractivity contribution in [3.05, 3.63) is 0 Å². The first-order valence-electron chi connectivity index (χ1n) is 4.05. The van der Waals surface area contributed by atoms with Crippen LogP contribution in [0.2, 0.25) is 0 Å². The molecule has 1 rings (SSSR count). The van der Waals surface area contributed by atoms with Crippen molar-refractivity contribution in [2.24, 2.45) is 0 Å². The predicted molar refractivity (Wildman–Crippen MR) is 45.9 cm³/mol. The molecule has 1 aliphatic rings. The molecule has 1 saturated carbocycles. The summed E-state index contributed by atoms with van der Waals surface area (Å²) in [6, 6.07) is 0. The minimum atomic E-state index is -0.927. The summed E-state index contributed by atoms with van der Waals surface area (Å²) in [5, 5.41) is -0.0166. The van der Waals surface area contributed by atoms with Crippen LogP contribution < -0.4 is 0 Å². The van der Waals surface area contributed by atoms with Gasteiger partial charge in [-0.05, 0) is 12.8 Å². The predicted octanol–water partition coefficient (Wildman–Crippen LogP) is 1.27. The monoisotopic (exact) mass is 174 g/mol. The molecule has 0 bridgehead atoms. The van der Waals surface area contributed by atoms with Crippen LogP contribution in [0.3, 0.4) is 0 Å². The van der Waals surface area contributed by atoms with Crippen LogP contribution in [-0.4, -0.2) is 20.5 Å². The van der Waals surface area contributed by atoms with Crippen LogP contribution in [-0.2, 0) is 15.6 Å². The van der Waals surface area contributed by atoms with Gasteiger partial charge in [0.2, 0.25) is 0 Å². The molecule has 1 aliphatic carbocycles. The van der Waals surface area contributed by atoms with E-state index in [4.69, 9.17) is 0 Å². The Kier molecular flexibility index (Phi) is 2.82. The second kappa shape index (κ2) is 3.48. The number of carbonyl (C=O) groups excluding carboxylic acids is 1. The van der Waals surface area contributed by atoms with Crippen LogP contribution in [0.1, 0.15) is 33.1 Å². The van der Waals surface area contributed by atoms with E-state index in [1.807, 2.05) is 13.8 Å². The summed E-state index contributed by atoms with van der Waals surface area (Å²) >= 11 is 0. The molecule has 0 aromatic heterocycles. The molecular formula is C8H14O2S. The number of rotatable bonds is 2. The summed E-state index contributed by atoms with van der Waals surface area (Å²) in [7, 11) is -0.927. The van der Waals surface area contributed by atoms with Gasteiger partial charge in [-0.3, -0.25) is 9.00 Å². The molecule has 0 aliphatic heterocycles. The van der Waals surface area contributed by atoms with Gasteiger partial charge in [-0.25, -0.2) is 0 Å². The van der Waals surface area contributed by atoms with E-state index in [1.54, 1.807) is 0 Å². The van der Waals surface area contributed by atoms with Crippen LogP contribution in [0.25, 0.3) is 0 Å². The molecule has 64 valence electrons. The SMILES string of the molecule is CC(C)S(=O)C1CCCC1=O. The summed E-state index contributed by atoms with van der Waals surface area (Å²) in [6.07, 6.45) is 2.41. The summed E-state index contributed by atoms with van der Waals surface area (Å²) in [5.41, 5.74) is 0. The van der Waals surface area contributed by atoms with Crippen LogP contribution in [0.15, 0.2) is 0 Å². The fraction of sp³-hybridized carbons (Fsp3) is 0.875. The molecule has 0 aromatic carbocycles. The normalized spacial score (nSPS) is 27.9.